The van der Waals surface area contributed by atoms with Gasteiger partial charge in [0.2, 0.25) is 0 Å². The first-order chi connectivity index (χ1) is 9.92. The minimum absolute atomic E-state index is 0.727. The molecule has 0 fully saturated rings. The SMILES string of the molecule is c1ccc(NCc2cccc(-c3ccccc3)n2)cc1. The molecule has 98 valence electrons. The van der Waals surface area contributed by atoms with Gasteiger partial charge < -0.3 is 5.32 Å². The summed E-state index contributed by atoms with van der Waals surface area (Å²) in [4.78, 5) is 4.70. The Morgan fingerprint density at radius 2 is 1.40 bits per heavy atom. The predicted octanol–water partition coefficient (Wildman–Crippen LogP) is 4.36. The van der Waals surface area contributed by atoms with Gasteiger partial charge in [0.1, 0.15) is 0 Å². The molecule has 0 aliphatic rings. The topological polar surface area (TPSA) is 24.9 Å². The van der Waals surface area contributed by atoms with E-state index in [-0.39, 0.29) is 0 Å². The van der Waals surface area contributed by atoms with E-state index in [2.05, 4.69) is 35.6 Å². The molecule has 0 unspecified atom stereocenters. The third-order valence-corrected chi connectivity index (χ3v) is 3.12. The van der Waals surface area contributed by atoms with Crippen molar-refractivity contribution in [1.82, 2.24) is 4.98 Å². The van der Waals surface area contributed by atoms with E-state index in [0.717, 1.165) is 29.2 Å². The average Bonchev–Trinajstić information content (AvgIpc) is 2.55. The summed E-state index contributed by atoms with van der Waals surface area (Å²) in [6.07, 6.45) is 0. The van der Waals surface area contributed by atoms with Crippen molar-refractivity contribution in [3.05, 3.63) is 84.6 Å². The van der Waals surface area contributed by atoms with Crippen molar-refractivity contribution < 1.29 is 0 Å². The summed E-state index contributed by atoms with van der Waals surface area (Å²) in [5.41, 5.74) is 4.31. The Balaban J connectivity index is 1.75. The molecule has 1 N–H and O–H groups in total. The van der Waals surface area contributed by atoms with Crippen LogP contribution in [-0.2, 0) is 6.54 Å². The summed E-state index contributed by atoms with van der Waals surface area (Å²) in [5.74, 6) is 0. The van der Waals surface area contributed by atoms with Gasteiger partial charge in [-0.15, -0.1) is 0 Å². The van der Waals surface area contributed by atoms with Crippen molar-refractivity contribution >= 4 is 5.69 Å². The van der Waals surface area contributed by atoms with Crippen molar-refractivity contribution in [3.63, 3.8) is 0 Å². The first-order valence-corrected chi connectivity index (χ1v) is 6.72. The lowest BCUT2D eigenvalue weighted by molar-refractivity contribution is 1.05. The van der Waals surface area contributed by atoms with E-state index in [1.807, 2.05) is 48.5 Å². The number of anilines is 1. The summed E-state index contributed by atoms with van der Waals surface area (Å²) in [6.45, 7) is 0.727. The average molecular weight is 260 g/mol. The predicted molar refractivity (Wildman–Crippen MR) is 83.4 cm³/mol. The van der Waals surface area contributed by atoms with Crippen LogP contribution in [0.4, 0.5) is 5.69 Å². The van der Waals surface area contributed by atoms with Crippen LogP contribution in [-0.4, -0.2) is 4.98 Å². The van der Waals surface area contributed by atoms with Crippen molar-refractivity contribution in [2.45, 2.75) is 6.54 Å². The molecule has 3 aromatic rings. The van der Waals surface area contributed by atoms with E-state index >= 15 is 0 Å². The number of aromatic nitrogens is 1. The molecule has 1 heterocycles. The molecule has 2 nitrogen and oxygen atoms in total. The molecule has 0 aliphatic heterocycles. The highest BCUT2D eigenvalue weighted by atomic mass is 14.9. The van der Waals surface area contributed by atoms with Crippen LogP contribution in [0.1, 0.15) is 5.69 Å². The molecule has 0 spiro atoms. The van der Waals surface area contributed by atoms with Crippen LogP contribution in [0.5, 0.6) is 0 Å². The highest BCUT2D eigenvalue weighted by molar-refractivity contribution is 5.58. The molecule has 0 bridgehead atoms. The van der Waals surface area contributed by atoms with Crippen LogP contribution in [0, 0.1) is 0 Å². The fourth-order valence-corrected chi connectivity index (χ4v) is 2.10. The molecule has 1 aromatic heterocycles. The maximum Gasteiger partial charge on any atom is 0.0706 e. The van der Waals surface area contributed by atoms with Gasteiger partial charge in [0, 0.05) is 11.3 Å². The van der Waals surface area contributed by atoms with Gasteiger partial charge in [0.15, 0.2) is 0 Å². The van der Waals surface area contributed by atoms with Gasteiger partial charge in [0.05, 0.1) is 17.9 Å². The molecule has 0 radical (unpaired) electrons. The molecular weight excluding hydrogens is 244 g/mol. The standard InChI is InChI=1S/C18H16N2/c1-3-8-15(9-4-1)18-13-7-12-17(20-18)14-19-16-10-5-2-6-11-16/h1-13,19H,14H2. The third kappa shape index (κ3) is 3.04. The van der Waals surface area contributed by atoms with Crippen molar-refractivity contribution in [2.24, 2.45) is 0 Å². The first kappa shape index (κ1) is 12.4. The number of nitrogens with one attached hydrogen (secondary N) is 1. The monoisotopic (exact) mass is 260 g/mol. The van der Waals surface area contributed by atoms with E-state index in [4.69, 9.17) is 4.98 Å². The molecule has 3 rings (SSSR count). The van der Waals surface area contributed by atoms with E-state index in [1.54, 1.807) is 0 Å². The molecular formula is C18H16N2. The Morgan fingerprint density at radius 3 is 2.15 bits per heavy atom. The van der Waals surface area contributed by atoms with Crippen molar-refractivity contribution in [3.8, 4) is 11.3 Å². The van der Waals surface area contributed by atoms with Crippen LogP contribution in [0.3, 0.4) is 0 Å². The molecule has 0 saturated carbocycles. The zero-order valence-electron chi connectivity index (χ0n) is 11.2. The van der Waals surface area contributed by atoms with Gasteiger partial charge >= 0.3 is 0 Å². The largest absolute Gasteiger partial charge is 0.379 e. The van der Waals surface area contributed by atoms with E-state index in [1.165, 1.54) is 0 Å². The number of hydrogen-bond acceptors (Lipinski definition) is 2. The third-order valence-electron chi connectivity index (χ3n) is 3.12. The normalized spacial score (nSPS) is 10.2. The van der Waals surface area contributed by atoms with Gasteiger partial charge in [-0.05, 0) is 24.3 Å². The van der Waals surface area contributed by atoms with Crippen LogP contribution in [0.2, 0.25) is 0 Å². The number of para-hydroxylation sites is 1. The minimum Gasteiger partial charge on any atom is -0.379 e. The molecule has 0 saturated heterocycles. The molecule has 2 aromatic carbocycles. The number of rotatable bonds is 4. The second kappa shape index (κ2) is 6.02. The Kier molecular flexibility index (Phi) is 3.74. The lowest BCUT2D eigenvalue weighted by Crippen LogP contribution is -2.01. The summed E-state index contributed by atoms with van der Waals surface area (Å²) >= 11 is 0. The highest BCUT2D eigenvalue weighted by Crippen LogP contribution is 2.17. The summed E-state index contributed by atoms with van der Waals surface area (Å²) in [6, 6.07) is 26.6. The second-order valence-corrected chi connectivity index (χ2v) is 4.60. The number of nitrogens with zero attached hydrogens (tertiary/aromatic N) is 1. The summed E-state index contributed by atoms with van der Waals surface area (Å²) in [7, 11) is 0. The molecule has 2 heteroatoms. The lowest BCUT2D eigenvalue weighted by atomic mass is 10.1. The van der Waals surface area contributed by atoms with E-state index < -0.39 is 0 Å². The summed E-state index contributed by atoms with van der Waals surface area (Å²) < 4.78 is 0. The maximum absolute atomic E-state index is 4.70. The van der Waals surface area contributed by atoms with Crippen LogP contribution in [0.25, 0.3) is 11.3 Å². The van der Waals surface area contributed by atoms with Crippen LogP contribution >= 0.6 is 0 Å². The fraction of sp³-hybridized carbons (Fsp3) is 0.0556. The number of benzene rings is 2. The zero-order chi connectivity index (χ0) is 13.6. The van der Waals surface area contributed by atoms with Gasteiger partial charge in [-0.3, -0.25) is 4.98 Å². The van der Waals surface area contributed by atoms with E-state index in [9.17, 15) is 0 Å². The second-order valence-electron chi connectivity index (χ2n) is 4.60. The van der Waals surface area contributed by atoms with Crippen molar-refractivity contribution in [1.29, 1.82) is 0 Å². The Bertz CT molecular complexity index is 663. The first-order valence-electron chi connectivity index (χ1n) is 6.72. The molecule has 0 atom stereocenters. The highest BCUT2D eigenvalue weighted by Gasteiger charge is 2.00. The fourth-order valence-electron chi connectivity index (χ4n) is 2.10. The van der Waals surface area contributed by atoms with Gasteiger partial charge in [0.25, 0.3) is 0 Å². The van der Waals surface area contributed by atoms with Crippen LogP contribution < -0.4 is 5.32 Å². The van der Waals surface area contributed by atoms with Crippen LogP contribution in [0.15, 0.2) is 78.9 Å². The van der Waals surface area contributed by atoms with Crippen molar-refractivity contribution in [2.75, 3.05) is 5.32 Å². The molecule has 20 heavy (non-hydrogen) atoms. The number of pyridine rings is 1. The minimum atomic E-state index is 0.727. The Hall–Kier alpha value is -2.61. The molecule has 0 amide bonds. The smallest absolute Gasteiger partial charge is 0.0706 e. The van der Waals surface area contributed by atoms with Gasteiger partial charge in [-0.2, -0.15) is 0 Å². The summed E-state index contributed by atoms with van der Waals surface area (Å²) in [5, 5.41) is 3.38. The lowest BCUT2D eigenvalue weighted by Gasteiger charge is -2.07. The maximum atomic E-state index is 4.70. The van der Waals surface area contributed by atoms with Gasteiger partial charge in [-0.25, -0.2) is 0 Å². The number of hydrogen-bond donors (Lipinski definition) is 1. The van der Waals surface area contributed by atoms with E-state index in [0.29, 0.717) is 0 Å². The quantitative estimate of drug-likeness (QED) is 0.754. The Labute approximate surface area is 119 Å². The Morgan fingerprint density at radius 1 is 0.700 bits per heavy atom. The van der Waals surface area contributed by atoms with Gasteiger partial charge in [-0.1, -0.05) is 54.6 Å². The molecule has 0 aliphatic carbocycles. The zero-order valence-corrected chi connectivity index (χ0v) is 11.2.